The standard InChI is InChI=1S/C8H7ClNO2/c1-5(11)10-6-2-3-8(12)7(9)4-6/h2-4H,1H3,(H,10,11). The van der Waals surface area contributed by atoms with Crippen molar-refractivity contribution in [1.82, 2.24) is 0 Å². The van der Waals surface area contributed by atoms with Gasteiger partial charge in [-0.15, -0.1) is 0 Å². The van der Waals surface area contributed by atoms with E-state index in [4.69, 9.17) is 11.6 Å². The van der Waals surface area contributed by atoms with Crippen LogP contribution in [0.5, 0.6) is 5.75 Å². The zero-order valence-corrected chi connectivity index (χ0v) is 7.18. The third-order valence-electron chi connectivity index (χ3n) is 1.25. The molecule has 4 heteroatoms. The van der Waals surface area contributed by atoms with Gasteiger partial charge >= 0.3 is 0 Å². The topological polar surface area (TPSA) is 49.0 Å². The maximum Gasteiger partial charge on any atom is 0.221 e. The maximum absolute atomic E-state index is 10.8. The molecule has 0 fully saturated rings. The predicted octanol–water partition coefficient (Wildman–Crippen LogP) is 2.44. The normalized spacial score (nSPS) is 9.50. The number of carbonyl (C=O) groups excluding carboxylic acids is 1. The fourth-order valence-electron chi connectivity index (χ4n) is 0.782. The number of nitrogens with one attached hydrogen (secondary N) is 1. The summed E-state index contributed by atoms with van der Waals surface area (Å²) in [6, 6.07) is 4.24. The van der Waals surface area contributed by atoms with Crippen molar-refractivity contribution in [2.45, 2.75) is 6.92 Å². The lowest BCUT2D eigenvalue weighted by molar-refractivity contribution is -0.114. The number of benzene rings is 1. The van der Waals surface area contributed by atoms with Crippen LogP contribution in [0.25, 0.3) is 0 Å². The molecule has 1 N–H and O–H groups in total. The highest BCUT2D eigenvalue weighted by atomic mass is 35.5. The second-order valence-electron chi connectivity index (χ2n) is 2.33. The minimum atomic E-state index is -0.245. The molecule has 0 atom stereocenters. The Balaban J connectivity index is 2.89. The van der Waals surface area contributed by atoms with Crippen LogP contribution < -0.4 is 5.32 Å². The first kappa shape index (κ1) is 8.87. The van der Waals surface area contributed by atoms with E-state index in [0.29, 0.717) is 5.69 Å². The number of anilines is 1. The summed E-state index contributed by atoms with van der Waals surface area (Å²) in [5.41, 5.74) is 0.534. The number of rotatable bonds is 1. The molecule has 0 spiro atoms. The van der Waals surface area contributed by atoms with Crippen LogP contribution in [0.1, 0.15) is 6.92 Å². The molecule has 1 rings (SSSR count). The van der Waals surface area contributed by atoms with Gasteiger partial charge in [0.25, 0.3) is 0 Å². The van der Waals surface area contributed by atoms with Gasteiger partial charge in [-0.1, -0.05) is 11.6 Å². The lowest BCUT2D eigenvalue weighted by Gasteiger charge is -2.01. The molecule has 0 unspecified atom stereocenters. The highest BCUT2D eigenvalue weighted by Gasteiger charge is 2.01. The van der Waals surface area contributed by atoms with Gasteiger partial charge in [-0.2, -0.15) is 0 Å². The average Bonchev–Trinajstić information content (AvgIpc) is 1.96. The SMILES string of the molecule is CC(=O)Nc1ccc([O])c(Cl)c1. The Kier molecular flexibility index (Phi) is 2.55. The van der Waals surface area contributed by atoms with Crippen LogP contribution in [0.2, 0.25) is 5.02 Å². The van der Waals surface area contributed by atoms with Crippen molar-refractivity contribution < 1.29 is 9.90 Å². The smallest absolute Gasteiger partial charge is 0.221 e. The molecule has 0 saturated heterocycles. The van der Waals surface area contributed by atoms with Crippen LogP contribution in [-0.2, 0) is 9.90 Å². The number of carbonyl (C=O) groups is 1. The van der Waals surface area contributed by atoms with E-state index in [2.05, 4.69) is 5.32 Å². The molecule has 0 saturated carbocycles. The minimum Gasteiger partial charge on any atom is -0.326 e. The van der Waals surface area contributed by atoms with Crippen molar-refractivity contribution in [2.75, 3.05) is 5.32 Å². The fraction of sp³-hybridized carbons (Fsp3) is 0.125. The summed E-state index contributed by atoms with van der Waals surface area (Å²) in [4.78, 5) is 10.6. The quantitative estimate of drug-likeness (QED) is 0.716. The van der Waals surface area contributed by atoms with E-state index in [1.165, 1.54) is 25.1 Å². The van der Waals surface area contributed by atoms with Crippen molar-refractivity contribution in [2.24, 2.45) is 0 Å². The second-order valence-corrected chi connectivity index (χ2v) is 2.73. The first-order valence-corrected chi connectivity index (χ1v) is 3.71. The number of hydrogen-bond acceptors (Lipinski definition) is 1. The van der Waals surface area contributed by atoms with E-state index in [-0.39, 0.29) is 16.7 Å². The molecule has 0 aromatic heterocycles. The van der Waals surface area contributed by atoms with Gasteiger partial charge in [0, 0.05) is 12.6 Å². The number of hydrogen-bond donors (Lipinski definition) is 1. The van der Waals surface area contributed by atoms with Crippen molar-refractivity contribution in [3.8, 4) is 5.75 Å². The summed E-state index contributed by atoms with van der Waals surface area (Å²) >= 11 is 5.53. The van der Waals surface area contributed by atoms with E-state index < -0.39 is 0 Å². The summed E-state index contributed by atoms with van der Waals surface area (Å²) in [5, 5.41) is 13.4. The van der Waals surface area contributed by atoms with Crippen molar-refractivity contribution in [3.63, 3.8) is 0 Å². The Morgan fingerprint density at radius 3 is 2.67 bits per heavy atom. The van der Waals surface area contributed by atoms with Crippen LogP contribution in [0, 0.1) is 0 Å². The lowest BCUT2D eigenvalue weighted by atomic mass is 10.3. The summed E-state index contributed by atoms with van der Waals surface area (Å²) < 4.78 is 0. The Morgan fingerprint density at radius 2 is 2.17 bits per heavy atom. The Morgan fingerprint density at radius 1 is 1.50 bits per heavy atom. The van der Waals surface area contributed by atoms with Crippen molar-refractivity contribution in [1.29, 1.82) is 0 Å². The predicted molar refractivity (Wildman–Crippen MR) is 45.9 cm³/mol. The molecule has 0 heterocycles. The molecule has 3 nitrogen and oxygen atoms in total. The monoisotopic (exact) mass is 184 g/mol. The first-order chi connectivity index (χ1) is 5.59. The van der Waals surface area contributed by atoms with Crippen LogP contribution in [0.3, 0.4) is 0 Å². The Bertz CT molecular complexity index is 312. The summed E-state index contributed by atoms with van der Waals surface area (Å²) in [5.74, 6) is -0.435. The Labute approximate surface area is 75.0 Å². The third-order valence-corrected chi connectivity index (χ3v) is 1.55. The van der Waals surface area contributed by atoms with Crippen LogP contribution in [0.4, 0.5) is 5.69 Å². The molecule has 0 aliphatic carbocycles. The molecular formula is C8H7ClNO2. The zero-order chi connectivity index (χ0) is 9.14. The van der Waals surface area contributed by atoms with Crippen molar-refractivity contribution in [3.05, 3.63) is 23.2 Å². The van der Waals surface area contributed by atoms with Gasteiger partial charge in [0.15, 0.2) is 5.75 Å². The van der Waals surface area contributed by atoms with E-state index in [1.54, 1.807) is 0 Å². The average molecular weight is 185 g/mol. The summed E-state index contributed by atoms with van der Waals surface area (Å²) in [7, 11) is 0. The Hall–Kier alpha value is -1.22. The molecule has 1 aromatic rings. The molecule has 1 amide bonds. The van der Waals surface area contributed by atoms with Gasteiger partial charge in [-0.25, -0.2) is 0 Å². The van der Waals surface area contributed by atoms with Crippen LogP contribution in [-0.4, -0.2) is 5.91 Å². The van der Waals surface area contributed by atoms with Gasteiger partial charge in [-0.05, 0) is 18.2 Å². The minimum absolute atomic E-state index is 0.112. The maximum atomic E-state index is 10.8. The van der Waals surface area contributed by atoms with E-state index in [0.717, 1.165) is 0 Å². The molecule has 12 heavy (non-hydrogen) atoms. The van der Waals surface area contributed by atoms with Gasteiger partial charge in [-0.3, -0.25) is 9.90 Å². The molecular weight excluding hydrogens is 178 g/mol. The number of amides is 1. The number of halogens is 1. The van der Waals surface area contributed by atoms with Gasteiger partial charge < -0.3 is 5.32 Å². The molecule has 1 aromatic carbocycles. The molecule has 63 valence electrons. The lowest BCUT2D eigenvalue weighted by Crippen LogP contribution is -2.05. The largest absolute Gasteiger partial charge is 0.326 e. The highest BCUT2D eigenvalue weighted by molar-refractivity contribution is 6.32. The van der Waals surface area contributed by atoms with E-state index in [9.17, 15) is 9.90 Å². The summed E-state index contributed by atoms with van der Waals surface area (Å²) in [6.45, 7) is 1.39. The third kappa shape index (κ3) is 2.13. The van der Waals surface area contributed by atoms with Crippen LogP contribution >= 0.6 is 11.6 Å². The van der Waals surface area contributed by atoms with Gasteiger partial charge in [0.05, 0.1) is 5.02 Å². The molecule has 0 aliphatic heterocycles. The molecule has 0 bridgehead atoms. The summed E-state index contributed by atoms with van der Waals surface area (Å²) in [6.07, 6.45) is 0. The van der Waals surface area contributed by atoms with Crippen LogP contribution in [0.15, 0.2) is 18.2 Å². The van der Waals surface area contributed by atoms with E-state index >= 15 is 0 Å². The fourth-order valence-corrected chi connectivity index (χ4v) is 0.962. The molecule has 0 aliphatic rings. The molecule has 1 radical (unpaired) electrons. The first-order valence-electron chi connectivity index (χ1n) is 3.34. The van der Waals surface area contributed by atoms with Gasteiger partial charge in [0.1, 0.15) is 0 Å². The zero-order valence-electron chi connectivity index (χ0n) is 6.43. The highest BCUT2D eigenvalue weighted by Crippen LogP contribution is 2.26. The van der Waals surface area contributed by atoms with Gasteiger partial charge in [0.2, 0.25) is 5.91 Å². The second kappa shape index (κ2) is 3.45. The van der Waals surface area contributed by atoms with Crippen molar-refractivity contribution >= 4 is 23.2 Å². The van der Waals surface area contributed by atoms with E-state index in [1.807, 2.05) is 0 Å².